The highest BCUT2D eigenvalue weighted by atomic mass is 19.4. The number of piperidine rings is 1. The molecule has 1 aliphatic carbocycles. The van der Waals surface area contributed by atoms with Crippen molar-refractivity contribution in [2.45, 2.75) is 95.0 Å². The monoisotopic (exact) mass is 953 g/mol. The normalized spacial score (nSPS) is 17.9. The van der Waals surface area contributed by atoms with Crippen molar-refractivity contribution in [2.75, 3.05) is 84.4 Å². The summed E-state index contributed by atoms with van der Waals surface area (Å²) >= 11 is 0. The maximum absolute atomic E-state index is 13.6. The number of halogens is 3. The molecular weight excluding hydrogens is 892 g/mol. The molecule has 0 bridgehead atoms. The number of hydrogen-bond donors (Lipinski definition) is 4. The summed E-state index contributed by atoms with van der Waals surface area (Å²) in [6, 6.07) is 18.1. The summed E-state index contributed by atoms with van der Waals surface area (Å²) < 4.78 is 60.7. The molecule has 3 aromatic carbocycles. The number of nitrogens with zero attached hydrogens (tertiary/aromatic N) is 3. The molecule has 0 atom stereocenters. The number of alkyl halides is 3. The number of carboxylic acids is 1. The van der Waals surface area contributed by atoms with E-state index in [4.69, 9.17) is 33.6 Å². The van der Waals surface area contributed by atoms with E-state index < -0.39 is 12.1 Å². The standard InChI is InChI=1S/C47H61N5O9.C2HF3O2/c53-39-11-10-37(46-45(39)49-42(54)31-58-46)13-18-48-19-22-52(38-7-2-1-3-8-38)43(55)15-25-57-24-14-34-5-4-6-36(27-34)30-50-20-16-47(17-21-50)32-51(23-26-61-47)44(56)29-35-9-12-40-41(28-35)60-33-59-40;3-2(4,5)1(6)7/h4-6,9-12,27-28,38,48,53H,1-3,7-8,13-26,29-33H2,(H,49,54);(H,6,7). The maximum atomic E-state index is 13.6. The van der Waals surface area contributed by atoms with Crippen LogP contribution in [0.3, 0.4) is 0 Å². The van der Waals surface area contributed by atoms with Crippen molar-refractivity contribution < 1.29 is 66.2 Å². The Morgan fingerprint density at radius 3 is 2.44 bits per heavy atom. The number of rotatable bonds is 17. The fourth-order valence-electron chi connectivity index (χ4n) is 9.42. The van der Waals surface area contributed by atoms with E-state index in [0.717, 1.165) is 81.5 Å². The van der Waals surface area contributed by atoms with Gasteiger partial charge in [0.2, 0.25) is 18.6 Å². The van der Waals surface area contributed by atoms with E-state index in [1.165, 1.54) is 17.5 Å². The molecule has 4 aliphatic heterocycles. The number of phenols is 1. The van der Waals surface area contributed by atoms with Crippen molar-refractivity contribution in [1.82, 2.24) is 20.0 Å². The van der Waals surface area contributed by atoms with Crippen LogP contribution >= 0.6 is 0 Å². The predicted octanol–water partition coefficient (Wildman–Crippen LogP) is 5.46. The number of ether oxygens (including phenoxy) is 5. The maximum Gasteiger partial charge on any atom is 0.490 e. The third-order valence-electron chi connectivity index (χ3n) is 13.1. The zero-order valence-corrected chi connectivity index (χ0v) is 38.3. The van der Waals surface area contributed by atoms with Crippen LogP contribution < -0.4 is 24.8 Å². The van der Waals surface area contributed by atoms with Crippen molar-refractivity contribution in [3.63, 3.8) is 0 Å². The Kier molecular flexibility index (Phi) is 17.4. The number of phenolic OH excluding ortho intramolecular Hbond substituents is 1. The Bertz CT molecular complexity index is 2210. The smallest absolute Gasteiger partial charge is 0.490 e. The first-order chi connectivity index (χ1) is 32.7. The summed E-state index contributed by atoms with van der Waals surface area (Å²) in [6.07, 6.45) is 4.47. The second-order valence-electron chi connectivity index (χ2n) is 17.9. The number of carbonyl (C=O) groups excluding carboxylic acids is 3. The van der Waals surface area contributed by atoms with Crippen LogP contribution in [-0.4, -0.2) is 145 Å². The minimum Gasteiger partial charge on any atom is -0.506 e. The van der Waals surface area contributed by atoms with E-state index in [9.17, 15) is 32.7 Å². The second-order valence-corrected chi connectivity index (χ2v) is 17.9. The quantitative estimate of drug-likeness (QED) is 0.0988. The van der Waals surface area contributed by atoms with Gasteiger partial charge in [0, 0.05) is 51.9 Å². The Hall–Kier alpha value is -5.63. The van der Waals surface area contributed by atoms with Gasteiger partial charge < -0.3 is 54.3 Å². The highest BCUT2D eigenvalue weighted by molar-refractivity contribution is 5.97. The second kappa shape index (κ2) is 23.6. The molecule has 370 valence electrons. The van der Waals surface area contributed by atoms with Crippen LogP contribution in [0.1, 0.15) is 73.6 Å². The van der Waals surface area contributed by atoms with Crippen LogP contribution in [0.15, 0.2) is 54.6 Å². The fraction of sp³-hybridized carbons (Fsp3) is 0.551. The summed E-state index contributed by atoms with van der Waals surface area (Å²) in [4.78, 5) is 54.1. The minimum atomic E-state index is -5.08. The number of nitrogens with one attached hydrogen (secondary N) is 2. The number of hydrogen-bond acceptors (Lipinski definition) is 12. The summed E-state index contributed by atoms with van der Waals surface area (Å²) in [7, 11) is 0. The molecule has 5 aliphatic rings. The van der Waals surface area contributed by atoms with Gasteiger partial charge in [-0.05, 0) is 85.5 Å². The Morgan fingerprint density at radius 1 is 0.897 bits per heavy atom. The van der Waals surface area contributed by atoms with E-state index in [1.54, 1.807) is 6.07 Å². The molecule has 0 aromatic heterocycles. The van der Waals surface area contributed by atoms with Crippen molar-refractivity contribution in [3.05, 3.63) is 76.9 Å². The summed E-state index contributed by atoms with van der Waals surface area (Å²) in [5.41, 5.74) is 4.38. The molecule has 3 aromatic rings. The lowest BCUT2D eigenvalue weighted by Gasteiger charge is -2.47. The predicted molar refractivity (Wildman–Crippen MR) is 243 cm³/mol. The van der Waals surface area contributed by atoms with E-state index in [-0.39, 0.29) is 48.5 Å². The Labute approximate surface area is 394 Å². The molecule has 0 unspecified atom stereocenters. The fourth-order valence-corrected chi connectivity index (χ4v) is 9.42. The molecule has 0 radical (unpaired) electrons. The topological polar surface area (TPSA) is 189 Å². The van der Waals surface area contributed by atoms with Gasteiger partial charge in [-0.25, -0.2) is 4.79 Å². The van der Waals surface area contributed by atoms with E-state index in [0.29, 0.717) is 89.0 Å². The van der Waals surface area contributed by atoms with Gasteiger partial charge in [0.15, 0.2) is 23.9 Å². The summed E-state index contributed by atoms with van der Waals surface area (Å²) in [5, 5.41) is 23.5. The van der Waals surface area contributed by atoms with Gasteiger partial charge in [-0.1, -0.05) is 55.7 Å². The molecule has 8 rings (SSSR count). The van der Waals surface area contributed by atoms with E-state index in [2.05, 4.69) is 44.7 Å². The lowest BCUT2D eigenvalue weighted by Crippen LogP contribution is -2.58. The average molecular weight is 954 g/mol. The van der Waals surface area contributed by atoms with Gasteiger partial charge in [-0.2, -0.15) is 13.2 Å². The van der Waals surface area contributed by atoms with Crippen LogP contribution in [0, 0.1) is 0 Å². The molecule has 16 nitrogen and oxygen atoms in total. The number of amides is 3. The SMILES string of the molecule is O=C(O)C(F)(F)F.O=C1COc2c(CCNCCN(C(=O)CCOCCc3cccc(CN4CCC5(CC4)CN(C(=O)Cc4ccc6c(c4)OCO6)CCO5)c3)C3CCCCC3)ccc(O)c2N1. The number of aliphatic carboxylic acids is 1. The number of carboxylic acid groups (broad SMARTS) is 1. The number of benzene rings is 3. The lowest BCUT2D eigenvalue weighted by molar-refractivity contribution is -0.192. The van der Waals surface area contributed by atoms with E-state index in [1.807, 2.05) is 29.2 Å². The van der Waals surface area contributed by atoms with Crippen molar-refractivity contribution >= 4 is 29.4 Å². The molecule has 4 heterocycles. The first-order valence-electron chi connectivity index (χ1n) is 23.5. The average Bonchev–Trinajstić information content (AvgIpc) is 3.80. The van der Waals surface area contributed by atoms with Crippen LogP contribution in [0.2, 0.25) is 0 Å². The van der Waals surface area contributed by atoms with Crippen LogP contribution in [0.5, 0.6) is 23.0 Å². The zero-order chi connectivity index (χ0) is 48.1. The number of fused-ring (bicyclic) bond motifs is 2. The van der Waals surface area contributed by atoms with Gasteiger partial charge in [-0.3, -0.25) is 19.3 Å². The van der Waals surface area contributed by atoms with E-state index >= 15 is 0 Å². The first kappa shape index (κ1) is 50.3. The highest BCUT2D eigenvalue weighted by Gasteiger charge is 2.41. The molecule has 4 N–H and O–H groups in total. The van der Waals surface area contributed by atoms with Gasteiger partial charge in [0.05, 0.1) is 38.3 Å². The third kappa shape index (κ3) is 14.0. The van der Waals surface area contributed by atoms with Crippen molar-refractivity contribution in [3.8, 4) is 23.0 Å². The zero-order valence-electron chi connectivity index (χ0n) is 38.3. The van der Waals surface area contributed by atoms with Gasteiger partial charge in [0.25, 0.3) is 5.91 Å². The van der Waals surface area contributed by atoms with Crippen LogP contribution in [0.4, 0.5) is 18.9 Å². The lowest BCUT2D eigenvalue weighted by atomic mass is 9.89. The molecule has 68 heavy (non-hydrogen) atoms. The number of morpholine rings is 1. The number of aromatic hydroxyl groups is 1. The highest BCUT2D eigenvalue weighted by Crippen LogP contribution is 2.39. The number of carbonyl (C=O) groups is 4. The van der Waals surface area contributed by atoms with Crippen molar-refractivity contribution in [1.29, 1.82) is 0 Å². The summed E-state index contributed by atoms with van der Waals surface area (Å²) in [6.45, 7) is 7.61. The van der Waals surface area contributed by atoms with Gasteiger partial charge >= 0.3 is 12.1 Å². The third-order valence-corrected chi connectivity index (χ3v) is 13.1. The summed E-state index contributed by atoms with van der Waals surface area (Å²) in [5.74, 6) is -0.825. The molecule has 2 saturated heterocycles. The van der Waals surface area contributed by atoms with Crippen LogP contribution in [0.25, 0.3) is 0 Å². The number of anilines is 1. The first-order valence-corrected chi connectivity index (χ1v) is 23.5. The Balaban J connectivity index is 0.000000908. The number of likely N-dealkylation sites (tertiary alicyclic amines) is 1. The van der Waals surface area contributed by atoms with Crippen LogP contribution in [-0.2, 0) is 54.5 Å². The molecule has 1 spiro atoms. The molecule has 19 heteroatoms. The Morgan fingerprint density at radius 2 is 1.66 bits per heavy atom. The van der Waals surface area contributed by atoms with Gasteiger partial charge in [0.1, 0.15) is 11.4 Å². The minimum absolute atomic E-state index is 0.00602. The van der Waals surface area contributed by atoms with Crippen molar-refractivity contribution in [2.24, 2.45) is 0 Å². The largest absolute Gasteiger partial charge is 0.506 e. The molecule has 1 saturated carbocycles. The molecule has 3 amide bonds. The molecule has 3 fully saturated rings. The van der Waals surface area contributed by atoms with Gasteiger partial charge in [-0.15, -0.1) is 0 Å². The molecular formula is C49H62F3N5O11.